The van der Waals surface area contributed by atoms with Crippen molar-refractivity contribution in [3.05, 3.63) is 59.4 Å². The number of nitrogens with one attached hydrogen (secondary N) is 1. The van der Waals surface area contributed by atoms with Crippen LogP contribution in [0.25, 0.3) is 0 Å². The van der Waals surface area contributed by atoms with Gasteiger partial charge >= 0.3 is 0 Å². The lowest BCUT2D eigenvalue weighted by molar-refractivity contribution is -0.121. The molecule has 3 rings (SSSR count). The molecule has 5 nitrogen and oxygen atoms in total. The molecule has 6 heteroatoms. The summed E-state index contributed by atoms with van der Waals surface area (Å²) in [6.07, 6.45) is 1.08. The van der Waals surface area contributed by atoms with E-state index in [4.69, 9.17) is 4.74 Å². The van der Waals surface area contributed by atoms with Gasteiger partial charge in [0, 0.05) is 19.0 Å². The zero-order chi connectivity index (χ0) is 19.4. The highest BCUT2D eigenvalue weighted by Gasteiger charge is 2.29. The van der Waals surface area contributed by atoms with E-state index in [1.54, 1.807) is 24.1 Å². The van der Waals surface area contributed by atoms with E-state index in [9.17, 15) is 14.0 Å². The van der Waals surface area contributed by atoms with Crippen LogP contribution in [0.5, 0.6) is 5.75 Å². The van der Waals surface area contributed by atoms with E-state index in [-0.39, 0.29) is 23.3 Å². The Labute approximate surface area is 158 Å². The molecule has 27 heavy (non-hydrogen) atoms. The largest absolute Gasteiger partial charge is 0.495 e. The van der Waals surface area contributed by atoms with Crippen molar-refractivity contribution in [3.63, 3.8) is 0 Å². The molecule has 0 unspecified atom stereocenters. The maximum absolute atomic E-state index is 13.8. The van der Waals surface area contributed by atoms with Gasteiger partial charge in [-0.2, -0.15) is 0 Å². The minimum Gasteiger partial charge on any atom is -0.495 e. The van der Waals surface area contributed by atoms with E-state index < -0.39 is 5.82 Å². The predicted molar refractivity (Wildman–Crippen MR) is 101 cm³/mol. The highest BCUT2D eigenvalue weighted by Crippen LogP contribution is 2.27. The summed E-state index contributed by atoms with van der Waals surface area (Å²) in [6.45, 7) is 2.80. The number of piperidine rings is 1. The Balaban J connectivity index is 1.61. The SMILES string of the molecule is COc1ccc(C)cc1NC(=O)C1CCN(C(=O)c2ccccc2F)CC1. The Morgan fingerprint density at radius 1 is 1.15 bits per heavy atom. The molecular formula is C21H23FN2O3. The molecule has 1 saturated heterocycles. The van der Waals surface area contributed by atoms with Crippen LogP contribution in [0.1, 0.15) is 28.8 Å². The van der Waals surface area contributed by atoms with Crippen molar-refractivity contribution in [3.8, 4) is 5.75 Å². The van der Waals surface area contributed by atoms with Gasteiger partial charge in [0.25, 0.3) is 5.91 Å². The summed E-state index contributed by atoms with van der Waals surface area (Å²) in [6, 6.07) is 11.6. The molecule has 142 valence electrons. The summed E-state index contributed by atoms with van der Waals surface area (Å²) in [5, 5.41) is 2.93. The molecule has 0 aliphatic carbocycles. The Bertz CT molecular complexity index is 845. The number of hydrogen-bond donors (Lipinski definition) is 1. The second-order valence-electron chi connectivity index (χ2n) is 6.74. The third kappa shape index (κ3) is 4.27. The average molecular weight is 370 g/mol. The molecule has 0 atom stereocenters. The summed E-state index contributed by atoms with van der Waals surface area (Å²) in [5.74, 6) is -0.515. The standard InChI is InChI=1S/C21H23FN2O3/c1-14-7-8-19(27-2)18(13-14)23-20(25)15-9-11-24(12-10-15)21(26)16-5-3-4-6-17(16)22/h3-8,13,15H,9-12H2,1-2H3,(H,23,25). The van der Waals surface area contributed by atoms with Gasteiger partial charge in [0.2, 0.25) is 5.91 Å². The van der Waals surface area contributed by atoms with E-state index >= 15 is 0 Å². The Morgan fingerprint density at radius 2 is 1.85 bits per heavy atom. The molecule has 1 aliphatic heterocycles. The number of carbonyl (C=O) groups excluding carboxylic acids is 2. The first-order chi connectivity index (χ1) is 13.0. The van der Waals surface area contributed by atoms with Crippen LogP contribution in [0.2, 0.25) is 0 Å². The number of amides is 2. The molecule has 0 spiro atoms. The average Bonchev–Trinajstić information content (AvgIpc) is 2.68. The third-order valence-corrected chi connectivity index (χ3v) is 4.87. The number of methoxy groups -OCH3 is 1. The van der Waals surface area contributed by atoms with Crippen LogP contribution >= 0.6 is 0 Å². The van der Waals surface area contributed by atoms with Gasteiger partial charge in [-0.05, 0) is 49.6 Å². The zero-order valence-electron chi connectivity index (χ0n) is 15.5. The molecule has 1 fully saturated rings. The zero-order valence-corrected chi connectivity index (χ0v) is 15.5. The van der Waals surface area contributed by atoms with Gasteiger partial charge in [-0.1, -0.05) is 18.2 Å². The van der Waals surface area contributed by atoms with Gasteiger partial charge in [0.15, 0.2) is 0 Å². The molecule has 1 N–H and O–H groups in total. The van der Waals surface area contributed by atoms with Crippen LogP contribution in [0.15, 0.2) is 42.5 Å². The lowest BCUT2D eigenvalue weighted by Gasteiger charge is -2.31. The summed E-state index contributed by atoms with van der Waals surface area (Å²) in [7, 11) is 1.56. The first kappa shape index (κ1) is 18.9. The van der Waals surface area contributed by atoms with Crippen molar-refractivity contribution in [2.45, 2.75) is 19.8 Å². The van der Waals surface area contributed by atoms with E-state index in [1.165, 1.54) is 12.1 Å². The van der Waals surface area contributed by atoms with E-state index in [0.29, 0.717) is 37.4 Å². The monoisotopic (exact) mass is 370 g/mol. The Hall–Kier alpha value is -2.89. The van der Waals surface area contributed by atoms with Gasteiger partial charge in [-0.15, -0.1) is 0 Å². The van der Waals surface area contributed by atoms with Crippen molar-refractivity contribution in [1.82, 2.24) is 4.90 Å². The van der Waals surface area contributed by atoms with Gasteiger partial charge in [0.1, 0.15) is 11.6 Å². The summed E-state index contributed by atoms with van der Waals surface area (Å²) in [5.41, 5.74) is 1.74. The van der Waals surface area contributed by atoms with Crippen LogP contribution in [0.3, 0.4) is 0 Å². The molecule has 0 saturated carbocycles. The maximum atomic E-state index is 13.8. The van der Waals surface area contributed by atoms with Crippen LogP contribution in [-0.4, -0.2) is 36.9 Å². The highest BCUT2D eigenvalue weighted by molar-refractivity contribution is 5.96. The maximum Gasteiger partial charge on any atom is 0.256 e. The molecular weight excluding hydrogens is 347 g/mol. The lowest BCUT2D eigenvalue weighted by atomic mass is 9.95. The Morgan fingerprint density at radius 3 is 2.52 bits per heavy atom. The van der Waals surface area contributed by atoms with Gasteiger partial charge < -0.3 is 15.0 Å². The van der Waals surface area contributed by atoms with E-state index in [1.807, 2.05) is 25.1 Å². The summed E-state index contributed by atoms with van der Waals surface area (Å²) < 4.78 is 19.1. The number of halogens is 1. The molecule has 0 radical (unpaired) electrons. The summed E-state index contributed by atoms with van der Waals surface area (Å²) in [4.78, 5) is 26.7. The van der Waals surface area contributed by atoms with Gasteiger partial charge in [0.05, 0.1) is 18.4 Å². The van der Waals surface area contributed by atoms with Gasteiger partial charge in [-0.3, -0.25) is 9.59 Å². The van der Waals surface area contributed by atoms with E-state index in [0.717, 1.165) is 5.56 Å². The number of hydrogen-bond acceptors (Lipinski definition) is 3. The van der Waals surface area contributed by atoms with Crippen molar-refractivity contribution in [1.29, 1.82) is 0 Å². The highest BCUT2D eigenvalue weighted by atomic mass is 19.1. The number of nitrogens with zero attached hydrogens (tertiary/aromatic N) is 1. The summed E-state index contributed by atoms with van der Waals surface area (Å²) >= 11 is 0. The van der Waals surface area contributed by atoms with Crippen molar-refractivity contribution < 1.29 is 18.7 Å². The third-order valence-electron chi connectivity index (χ3n) is 4.87. The fourth-order valence-electron chi connectivity index (χ4n) is 3.30. The Kier molecular flexibility index (Phi) is 5.74. The fourth-order valence-corrected chi connectivity index (χ4v) is 3.30. The van der Waals surface area contributed by atoms with Crippen molar-refractivity contribution in [2.24, 2.45) is 5.92 Å². The lowest BCUT2D eigenvalue weighted by Crippen LogP contribution is -2.41. The first-order valence-electron chi connectivity index (χ1n) is 8.99. The smallest absolute Gasteiger partial charge is 0.256 e. The number of anilines is 1. The van der Waals surface area contributed by atoms with Crippen molar-refractivity contribution in [2.75, 3.05) is 25.5 Å². The minimum atomic E-state index is -0.520. The number of rotatable bonds is 4. The quantitative estimate of drug-likeness (QED) is 0.894. The molecule has 0 bridgehead atoms. The van der Waals surface area contributed by atoms with Crippen LogP contribution < -0.4 is 10.1 Å². The normalized spacial score (nSPS) is 14.7. The van der Waals surface area contributed by atoms with Crippen LogP contribution in [0, 0.1) is 18.7 Å². The van der Waals surface area contributed by atoms with Gasteiger partial charge in [-0.25, -0.2) is 4.39 Å². The molecule has 1 aliphatic rings. The second-order valence-corrected chi connectivity index (χ2v) is 6.74. The van der Waals surface area contributed by atoms with E-state index in [2.05, 4.69) is 5.32 Å². The predicted octanol–water partition coefficient (Wildman–Crippen LogP) is 3.63. The topological polar surface area (TPSA) is 58.6 Å². The van der Waals surface area contributed by atoms with Crippen LogP contribution in [0.4, 0.5) is 10.1 Å². The van der Waals surface area contributed by atoms with Crippen LogP contribution in [-0.2, 0) is 4.79 Å². The van der Waals surface area contributed by atoms with Crippen molar-refractivity contribution >= 4 is 17.5 Å². The number of carbonyl (C=O) groups is 2. The molecule has 2 aromatic carbocycles. The first-order valence-corrected chi connectivity index (χ1v) is 8.99. The minimum absolute atomic E-state index is 0.0740. The number of ether oxygens (including phenoxy) is 1. The number of benzene rings is 2. The second kappa shape index (κ2) is 8.20. The molecule has 0 aromatic heterocycles. The fraction of sp³-hybridized carbons (Fsp3) is 0.333. The number of likely N-dealkylation sites (tertiary alicyclic amines) is 1. The molecule has 2 amide bonds. The number of aryl methyl sites for hydroxylation is 1. The molecule has 1 heterocycles. The molecule has 2 aromatic rings.